The molecule has 0 radical (unpaired) electrons. The molecular weight excluding hydrogens is 322 g/mol. The molecule has 0 amide bonds. The first-order valence-electron chi connectivity index (χ1n) is 8.38. The van der Waals surface area contributed by atoms with Crippen LogP contribution in [0.5, 0.6) is 0 Å². The van der Waals surface area contributed by atoms with Crippen molar-refractivity contribution in [3.63, 3.8) is 0 Å². The Labute approximate surface area is 151 Å². The van der Waals surface area contributed by atoms with Gasteiger partial charge in [-0.25, -0.2) is 9.97 Å². The van der Waals surface area contributed by atoms with E-state index in [1.54, 1.807) is 18.5 Å². The van der Waals surface area contributed by atoms with Crippen molar-refractivity contribution >= 4 is 0 Å². The third-order valence-electron chi connectivity index (χ3n) is 4.38. The Balaban J connectivity index is 2.14. The minimum atomic E-state index is 0.0100. The minimum absolute atomic E-state index is 0.0100. The van der Waals surface area contributed by atoms with E-state index >= 15 is 0 Å². The van der Waals surface area contributed by atoms with Gasteiger partial charge in [-0.2, -0.15) is 0 Å². The number of nitrogens with zero attached hydrogens (tertiary/aromatic N) is 3. The first kappa shape index (κ1) is 16.0. The average molecular weight is 339 g/mol. The molecule has 0 aliphatic rings. The van der Waals surface area contributed by atoms with Gasteiger partial charge in [-0.3, -0.25) is 4.79 Å². The van der Waals surface area contributed by atoms with Gasteiger partial charge in [0, 0.05) is 11.6 Å². The van der Waals surface area contributed by atoms with Crippen LogP contribution < -0.4 is 5.43 Å². The molecule has 0 saturated carbocycles. The Bertz CT molecular complexity index is 1090. The van der Waals surface area contributed by atoms with Crippen LogP contribution in [-0.2, 0) is 0 Å². The summed E-state index contributed by atoms with van der Waals surface area (Å²) in [6, 6.07) is 21.5. The van der Waals surface area contributed by atoms with E-state index in [4.69, 9.17) is 0 Å². The first-order chi connectivity index (χ1) is 12.8. The molecule has 0 atom stereocenters. The van der Waals surface area contributed by atoms with Crippen LogP contribution >= 0.6 is 0 Å². The Hall–Kier alpha value is -3.53. The van der Waals surface area contributed by atoms with Gasteiger partial charge in [-0.15, -0.1) is 0 Å². The lowest BCUT2D eigenvalue weighted by molar-refractivity contribution is 0.997. The van der Waals surface area contributed by atoms with E-state index in [0.29, 0.717) is 5.56 Å². The average Bonchev–Trinajstić information content (AvgIpc) is 2.71. The van der Waals surface area contributed by atoms with Crippen molar-refractivity contribution in [3.05, 3.63) is 101 Å². The van der Waals surface area contributed by atoms with Crippen LogP contribution in [-0.4, -0.2) is 14.5 Å². The van der Waals surface area contributed by atoms with E-state index in [1.165, 1.54) is 6.33 Å². The lowest BCUT2D eigenvalue weighted by Crippen LogP contribution is -2.15. The molecule has 2 heterocycles. The fourth-order valence-corrected chi connectivity index (χ4v) is 3.14. The van der Waals surface area contributed by atoms with E-state index in [9.17, 15) is 4.79 Å². The van der Waals surface area contributed by atoms with Gasteiger partial charge in [0.25, 0.3) is 0 Å². The van der Waals surface area contributed by atoms with Crippen molar-refractivity contribution in [1.29, 1.82) is 0 Å². The largest absolute Gasteiger partial charge is 0.306 e. The highest BCUT2D eigenvalue weighted by molar-refractivity contribution is 5.73. The normalized spacial score (nSPS) is 10.7. The van der Waals surface area contributed by atoms with Crippen molar-refractivity contribution < 1.29 is 0 Å². The topological polar surface area (TPSA) is 47.8 Å². The van der Waals surface area contributed by atoms with Crippen molar-refractivity contribution in [2.24, 2.45) is 0 Å². The molecule has 0 bridgehead atoms. The highest BCUT2D eigenvalue weighted by Crippen LogP contribution is 2.30. The molecule has 4 aromatic rings. The monoisotopic (exact) mass is 339 g/mol. The molecule has 0 fully saturated rings. The molecule has 126 valence electrons. The molecule has 4 nitrogen and oxygen atoms in total. The molecule has 0 unspecified atom stereocenters. The quantitative estimate of drug-likeness (QED) is 0.560. The second-order valence-corrected chi connectivity index (χ2v) is 6.03. The van der Waals surface area contributed by atoms with Gasteiger partial charge in [0.05, 0.1) is 29.5 Å². The second-order valence-electron chi connectivity index (χ2n) is 6.03. The first-order valence-corrected chi connectivity index (χ1v) is 8.38. The summed E-state index contributed by atoms with van der Waals surface area (Å²) in [6.07, 6.45) is 5.02. The SMILES string of the molecule is Cc1c(-c2ccccc2)n(-c2cncnc2)c(-c2ccccc2)cc1=O. The maximum atomic E-state index is 12.7. The van der Waals surface area contributed by atoms with E-state index < -0.39 is 0 Å². The smallest absolute Gasteiger partial charge is 0.185 e. The lowest BCUT2D eigenvalue weighted by atomic mass is 10.0. The van der Waals surface area contributed by atoms with Crippen LogP contribution in [0, 0.1) is 6.92 Å². The Morgan fingerprint density at radius 2 is 1.38 bits per heavy atom. The number of hydrogen-bond donors (Lipinski definition) is 0. The maximum Gasteiger partial charge on any atom is 0.185 e. The fraction of sp³-hybridized carbons (Fsp3) is 0.0455. The fourth-order valence-electron chi connectivity index (χ4n) is 3.14. The standard InChI is InChI=1S/C22H17N3O/c1-16-21(26)12-20(17-8-4-2-5-9-17)25(19-13-23-15-24-14-19)22(16)18-10-6-3-7-11-18/h2-15H,1H3. The van der Waals surface area contributed by atoms with Crippen molar-refractivity contribution in [1.82, 2.24) is 14.5 Å². The third kappa shape index (κ3) is 2.82. The minimum Gasteiger partial charge on any atom is -0.306 e. The third-order valence-corrected chi connectivity index (χ3v) is 4.38. The Kier molecular flexibility index (Phi) is 4.15. The summed E-state index contributed by atoms with van der Waals surface area (Å²) in [7, 11) is 0. The number of aromatic nitrogens is 3. The predicted octanol–water partition coefficient (Wildman–Crippen LogP) is 4.27. The van der Waals surface area contributed by atoms with E-state index in [0.717, 1.165) is 28.2 Å². The van der Waals surface area contributed by atoms with Crippen LogP contribution in [0.3, 0.4) is 0 Å². The molecule has 0 N–H and O–H groups in total. The van der Waals surface area contributed by atoms with Crippen LogP contribution in [0.1, 0.15) is 5.56 Å². The Morgan fingerprint density at radius 3 is 2.00 bits per heavy atom. The predicted molar refractivity (Wildman–Crippen MR) is 103 cm³/mol. The summed E-state index contributed by atoms with van der Waals surface area (Å²) < 4.78 is 2.06. The molecule has 0 aliphatic heterocycles. The summed E-state index contributed by atoms with van der Waals surface area (Å²) in [4.78, 5) is 21.1. The highest BCUT2D eigenvalue weighted by atomic mass is 16.1. The zero-order chi connectivity index (χ0) is 17.9. The summed E-state index contributed by atoms with van der Waals surface area (Å²) in [5.74, 6) is 0. The van der Waals surface area contributed by atoms with Gasteiger partial charge in [0.1, 0.15) is 6.33 Å². The molecule has 2 aromatic carbocycles. The van der Waals surface area contributed by atoms with Crippen molar-refractivity contribution in [3.8, 4) is 28.2 Å². The van der Waals surface area contributed by atoms with Crippen LogP contribution in [0.4, 0.5) is 0 Å². The molecule has 0 spiro atoms. The number of pyridine rings is 1. The Morgan fingerprint density at radius 1 is 0.808 bits per heavy atom. The van der Waals surface area contributed by atoms with Gasteiger partial charge in [0.2, 0.25) is 0 Å². The highest BCUT2D eigenvalue weighted by Gasteiger charge is 2.17. The van der Waals surface area contributed by atoms with Crippen LogP contribution in [0.2, 0.25) is 0 Å². The number of rotatable bonds is 3. The van der Waals surface area contributed by atoms with Crippen molar-refractivity contribution in [2.45, 2.75) is 6.92 Å². The number of benzene rings is 2. The second kappa shape index (κ2) is 6.76. The zero-order valence-corrected chi connectivity index (χ0v) is 14.3. The summed E-state index contributed by atoms with van der Waals surface area (Å²) >= 11 is 0. The summed E-state index contributed by atoms with van der Waals surface area (Å²) in [5, 5.41) is 0. The molecule has 0 saturated heterocycles. The molecule has 4 heteroatoms. The zero-order valence-electron chi connectivity index (χ0n) is 14.3. The van der Waals surface area contributed by atoms with E-state index in [2.05, 4.69) is 14.5 Å². The van der Waals surface area contributed by atoms with Gasteiger partial charge >= 0.3 is 0 Å². The van der Waals surface area contributed by atoms with Crippen molar-refractivity contribution in [2.75, 3.05) is 0 Å². The molecule has 4 rings (SSSR count). The molecule has 2 aromatic heterocycles. The van der Waals surface area contributed by atoms with E-state index in [1.807, 2.05) is 67.6 Å². The molecule has 26 heavy (non-hydrogen) atoms. The lowest BCUT2D eigenvalue weighted by Gasteiger charge is -2.20. The summed E-state index contributed by atoms with van der Waals surface area (Å²) in [6.45, 7) is 1.86. The number of hydrogen-bond acceptors (Lipinski definition) is 3. The van der Waals surface area contributed by atoms with Crippen LogP contribution in [0.25, 0.3) is 28.2 Å². The summed E-state index contributed by atoms with van der Waals surface area (Å²) in [5.41, 5.74) is 5.12. The van der Waals surface area contributed by atoms with Crippen LogP contribution in [0.15, 0.2) is 90.2 Å². The van der Waals surface area contributed by atoms with E-state index in [-0.39, 0.29) is 5.43 Å². The maximum absolute atomic E-state index is 12.7. The van der Waals surface area contributed by atoms with Gasteiger partial charge in [-0.05, 0) is 18.1 Å². The van der Waals surface area contributed by atoms with Gasteiger partial charge in [0.15, 0.2) is 5.43 Å². The molecule has 0 aliphatic carbocycles. The van der Waals surface area contributed by atoms with Gasteiger partial charge < -0.3 is 4.57 Å². The van der Waals surface area contributed by atoms with Gasteiger partial charge in [-0.1, -0.05) is 60.7 Å². The molecular formula is C22H17N3O.